The summed E-state index contributed by atoms with van der Waals surface area (Å²) in [5.74, 6) is 1.07. The number of hydrogen-bond donors (Lipinski definition) is 2. The van der Waals surface area contributed by atoms with E-state index in [2.05, 4.69) is 37.7 Å². The lowest BCUT2D eigenvalue weighted by Crippen LogP contribution is -1.97. The van der Waals surface area contributed by atoms with Crippen LogP contribution in [0.2, 0.25) is 0 Å². The summed E-state index contributed by atoms with van der Waals surface area (Å²) < 4.78 is 0. The fourth-order valence-electron chi connectivity index (χ4n) is 1.77. The van der Waals surface area contributed by atoms with Gasteiger partial charge in [0, 0.05) is 42.2 Å². The second kappa shape index (κ2) is 7.81. The molecule has 0 fully saturated rings. The third-order valence-electron chi connectivity index (χ3n) is 2.97. The molecule has 0 unspecified atom stereocenters. The second-order valence-electron chi connectivity index (χ2n) is 6.15. The predicted molar refractivity (Wildman–Crippen MR) is 89.1 cm³/mol. The first kappa shape index (κ1) is 17.2. The maximum atomic E-state index is 10.1. The molecule has 1 rings (SSSR count). The van der Waals surface area contributed by atoms with Crippen molar-refractivity contribution < 1.29 is 10.2 Å². The Morgan fingerprint density at radius 3 is 1.62 bits per heavy atom. The Labute approximate surface area is 127 Å². The molecule has 0 saturated heterocycles. The van der Waals surface area contributed by atoms with Crippen molar-refractivity contribution in [2.45, 2.75) is 34.6 Å². The highest BCUT2D eigenvalue weighted by Gasteiger charge is 2.11. The number of hydrogen-bond acceptors (Lipinski definition) is 4. The van der Waals surface area contributed by atoms with E-state index in [0.717, 1.165) is 0 Å². The first-order valence-electron chi connectivity index (χ1n) is 7.38. The molecule has 0 spiro atoms. The average Bonchev–Trinajstić information content (AvgIpc) is 2.40. The Bertz CT molecular complexity index is 488. The molecule has 1 aromatic rings. The minimum Gasteiger partial charge on any atom is -0.507 e. The lowest BCUT2D eigenvalue weighted by molar-refractivity contribution is 0.442. The standard InChI is InChI=1S/C17H26N2O2/c1-11(2)7-18-9-14-6-15(10-19-8-12(3)4)17(21)13(5)16(14)20/h6,9-12,20-21H,7-8H2,1-5H3. The van der Waals surface area contributed by atoms with E-state index in [1.54, 1.807) is 25.4 Å². The second-order valence-corrected chi connectivity index (χ2v) is 6.15. The van der Waals surface area contributed by atoms with Crippen molar-refractivity contribution >= 4 is 12.4 Å². The van der Waals surface area contributed by atoms with E-state index in [0.29, 0.717) is 41.6 Å². The number of phenolic OH excluding ortho intramolecular Hbond substituents is 2. The molecule has 116 valence electrons. The minimum absolute atomic E-state index is 0.0704. The van der Waals surface area contributed by atoms with E-state index in [9.17, 15) is 10.2 Å². The molecule has 21 heavy (non-hydrogen) atoms. The number of aromatic hydroxyl groups is 2. The van der Waals surface area contributed by atoms with Crippen molar-refractivity contribution in [3.8, 4) is 11.5 Å². The van der Waals surface area contributed by atoms with Crippen molar-refractivity contribution in [2.24, 2.45) is 21.8 Å². The molecule has 0 aliphatic rings. The van der Waals surface area contributed by atoms with Crippen molar-refractivity contribution in [3.05, 3.63) is 22.8 Å². The van der Waals surface area contributed by atoms with E-state index in [1.165, 1.54) is 0 Å². The van der Waals surface area contributed by atoms with E-state index in [4.69, 9.17) is 0 Å². The van der Waals surface area contributed by atoms with Crippen molar-refractivity contribution in [2.75, 3.05) is 13.1 Å². The van der Waals surface area contributed by atoms with Gasteiger partial charge < -0.3 is 10.2 Å². The molecule has 0 amide bonds. The Morgan fingerprint density at radius 1 is 0.905 bits per heavy atom. The first-order chi connectivity index (χ1) is 9.82. The van der Waals surface area contributed by atoms with Gasteiger partial charge in [0.15, 0.2) is 0 Å². The van der Waals surface area contributed by atoms with Crippen molar-refractivity contribution in [1.29, 1.82) is 0 Å². The topological polar surface area (TPSA) is 65.2 Å². The van der Waals surface area contributed by atoms with Crippen molar-refractivity contribution in [1.82, 2.24) is 0 Å². The summed E-state index contributed by atoms with van der Waals surface area (Å²) in [6.07, 6.45) is 3.31. The van der Waals surface area contributed by atoms with Crippen LogP contribution in [0.3, 0.4) is 0 Å². The number of aliphatic imine (C=N–C) groups is 2. The summed E-state index contributed by atoms with van der Waals surface area (Å²) in [7, 11) is 0. The van der Waals surface area contributed by atoms with E-state index >= 15 is 0 Å². The number of phenols is 2. The van der Waals surface area contributed by atoms with E-state index in [1.807, 2.05) is 0 Å². The normalized spacial score (nSPS) is 12.3. The monoisotopic (exact) mass is 290 g/mol. The molecule has 0 radical (unpaired) electrons. The molecule has 0 aromatic heterocycles. The molecule has 0 saturated carbocycles. The predicted octanol–water partition coefficient (Wildman–Crippen LogP) is 3.56. The van der Waals surface area contributed by atoms with Gasteiger partial charge in [-0.1, -0.05) is 27.7 Å². The Kier molecular flexibility index (Phi) is 6.40. The molecule has 0 heterocycles. The molecule has 0 atom stereocenters. The van der Waals surface area contributed by atoms with Gasteiger partial charge >= 0.3 is 0 Å². The minimum atomic E-state index is 0.0704. The molecular weight excluding hydrogens is 264 g/mol. The largest absolute Gasteiger partial charge is 0.507 e. The highest BCUT2D eigenvalue weighted by Crippen LogP contribution is 2.31. The zero-order valence-corrected chi connectivity index (χ0v) is 13.6. The molecule has 2 N–H and O–H groups in total. The average molecular weight is 290 g/mol. The number of rotatable bonds is 6. The Hall–Kier alpha value is -1.84. The zero-order valence-electron chi connectivity index (χ0n) is 13.6. The first-order valence-corrected chi connectivity index (χ1v) is 7.38. The van der Waals surface area contributed by atoms with Crippen LogP contribution in [-0.2, 0) is 0 Å². The third-order valence-corrected chi connectivity index (χ3v) is 2.97. The molecular formula is C17H26N2O2. The van der Waals surface area contributed by atoms with E-state index in [-0.39, 0.29) is 11.5 Å². The van der Waals surface area contributed by atoms with Crippen molar-refractivity contribution in [3.63, 3.8) is 0 Å². The smallest absolute Gasteiger partial charge is 0.130 e. The van der Waals surface area contributed by atoms with Crippen LogP contribution in [-0.4, -0.2) is 35.7 Å². The summed E-state index contributed by atoms with van der Waals surface area (Å²) in [6, 6.07) is 1.71. The Morgan fingerprint density at radius 2 is 1.29 bits per heavy atom. The molecule has 0 bridgehead atoms. The fraction of sp³-hybridized carbons (Fsp3) is 0.529. The third kappa shape index (κ3) is 5.21. The molecule has 0 aliphatic carbocycles. The fourth-order valence-corrected chi connectivity index (χ4v) is 1.77. The summed E-state index contributed by atoms with van der Waals surface area (Å²) in [5.41, 5.74) is 1.67. The van der Waals surface area contributed by atoms with Crippen LogP contribution in [0.25, 0.3) is 0 Å². The molecule has 0 aliphatic heterocycles. The van der Waals surface area contributed by atoms with Gasteiger partial charge in [0.05, 0.1) is 0 Å². The lowest BCUT2D eigenvalue weighted by atomic mass is 10.0. The zero-order chi connectivity index (χ0) is 16.0. The van der Waals surface area contributed by atoms with Crippen LogP contribution in [0.4, 0.5) is 0 Å². The highest BCUT2D eigenvalue weighted by molar-refractivity contribution is 5.92. The van der Waals surface area contributed by atoms with Gasteiger partial charge in [-0.3, -0.25) is 9.98 Å². The number of benzene rings is 1. The van der Waals surface area contributed by atoms with E-state index < -0.39 is 0 Å². The van der Waals surface area contributed by atoms with Gasteiger partial charge in [0.2, 0.25) is 0 Å². The molecule has 1 aromatic carbocycles. The highest BCUT2D eigenvalue weighted by atomic mass is 16.3. The van der Waals surface area contributed by atoms with Gasteiger partial charge in [-0.05, 0) is 24.8 Å². The quantitative estimate of drug-likeness (QED) is 0.787. The summed E-state index contributed by atoms with van der Waals surface area (Å²) >= 11 is 0. The van der Waals surface area contributed by atoms with Crippen LogP contribution >= 0.6 is 0 Å². The summed E-state index contributed by atoms with van der Waals surface area (Å²) in [6.45, 7) is 11.4. The van der Waals surface area contributed by atoms with Crippen LogP contribution < -0.4 is 0 Å². The summed E-state index contributed by atoms with van der Waals surface area (Å²) in [5, 5.41) is 20.2. The summed E-state index contributed by atoms with van der Waals surface area (Å²) in [4.78, 5) is 8.62. The van der Waals surface area contributed by atoms with Crippen LogP contribution in [0, 0.1) is 18.8 Å². The molecule has 4 heteroatoms. The van der Waals surface area contributed by atoms with Crippen LogP contribution in [0.5, 0.6) is 11.5 Å². The lowest BCUT2D eigenvalue weighted by Gasteiger charge is -2.09. The van der Waals surface area contributed by atoms with Crippen LogP contribution in [0.1, 0.15) is 44.4 Å². The number of nitrogens with zero attached hydrogens (tertiary/aromatic N) is 2. The van der Waals surface area contributed by atoms with Crippen LogP contribution in [0.15, 0.2) is 16.1 Å². The van der Waals surface area contributed by atoms with Gasteiger partial charge in [-0.25, -0.2) is 0 Å². The van der Waals surface area contributed by atoms with Gasteiger partial charge in [-0.2, -0.15) is 0 Å². The van der Waals surface area contributed by atoms with Gasteiger partial charge in [0.1, 0.15) is 11.5 Å². The SMILES string of the molecule is Cc1c(O)c(C=NCC(C)C)cc(C=NCC(C)C)c1O. The molecule has 4 nitrogen and oxygen atoms in total. The maximum absolute atomic E-state index is 10.1. The van der Waals surface area contributed by atoms with Gasteiger partial charge in [-0.15, -0.1) is 0 Å². The Balaban J connectivity index is 3.07. The maximum Gasteiger partial charge on any atom is 0.130 e. The van der Waals surface area contributed by atoms with Gasteiger partial charge in [0.25, 0.3) is 0 Å².